The predicted octanol–water partition coefficient (Wildman–Crippen LogP) is 2.78. The largest absolute Gasteiger partial charge is 0.355 e. The number of rotatable bonds is 2. The zero-order chi connectivity index (χ0) is 14.7. The predicted molar refractivity (Wildman–Crippen MR) is 80.2 cm³/mol. The van der Waals surface area contributed by atoms with Crippen molar-refractivity contribution < 1.29 is 0 Å². The normalized spacial score (nSPS) is 15.7. The molecule has 6 heteroatoms. The van der Waals surface area contributed by atoms with Crippen LogP contribution in [0, 0.1) is 11.3 Å². The Labute approximate surface area is 128 Å². The first-order valence-corrected chi connectivity index (χ1v) is 7.22. The van der Waals surface area contributed by atoms with Gasteiger partial charge in [0.25, 0.3) is 0 Å². The fourth-order valence-corrected chi connectivity index (χ4v) is 2.71. The van der Waals surface area contributed by atoms with Crippen molar-refractivity contribution in [1.82, 2.24) is 15.0 Å². The molecule has 21 heavy (non-hydrogen) atoms. The van der Waals surface area contributed by atoms with Gasteiger partial charge >= 0.3 is 0 Å². The summed E-state index contributed by atoms with van der Waals surface area (Å²) < 4.78 is 0. The van der Waals surface area contributed by atoms with Crippen LogP contribution in [0.5, 0.6) is 0 Å². The van der Waals surface area contributed by atoms with Crippen molar-refractivity contribution >= 4 is 17.4 Å². The lowest BCUT2D eigenvalue weighted by atomic mass is 9.93. The maximum atomic E-state index is 8.88. The highest BCUT2D eigenvalue weighted by Crippen LogP contribution is 2.28. The highest BCUT2D eigenvalue weighted by molar-refractivity contribution is 6.30. The summed E-state index contributed by atoms with van der Waals surface area (Å²) in [5.41, 5.74) is 1.45. The molecule has 0 unspecified atom stereocenters. The Morgan fingerprint density at radius 3 is 2.67 bits per heavy atom. The summed E-state index contributed by atoms with van der Waals surface area (Å²) >= 11 is 5.87. The van der Waals surface area contributed by atoms with E-state index in [1.54, 1.807) is 12.4 Å². The Balaban J connectivity index is 1.67. The molecule has 106 valence electrons. The van der Waals surface area contributed by atoms with Crippen LogP contribution >= 0.6 is 11.6 Å². The molecular weight excluding hydrogens is 286 g/mol. The molecule has 0 radical (unpaired) electrons. The maximum Gasteiger partial charge on any atom is 0.161 e. The van der Waals surface area contributed by atoms with Gasteiger partial charge in [0.2, 0.25) is 0 Å². The number of nitriles is 1. The molecule has 2 aromatic heterocycles. The van der Waals surface area contributed by atoms with Crippen LogP contribution in [0.2, 0.25) is 5.02 Å². The van der Waals surface area contributed by atoms with Crippen LogP contribution in [0.15, 0.2) is 30.7 Å². The van der Waals surface area contributed by atoms with Gasteiger partial charge in [-0.2, -0.15) is 5.26 Å². The van der Waals surface area contributed by atoms with Crippen molar-refractivity contribution in [3.8, 4) is 6.07 Å². The molecule has 1 aliphatic heterocycles. The van der Waals surface area contributed by atoms with Gasteiger partial charge < -0.3 is 4.90 Å². The second-order valence-electron chi connectivity index (χ2n) is 5.04. The number of pyridine rings is 1. The minimum atomic E-state index is 0.356. The SMILES string of the molecule is N#Cc1cncc(N2CCC(c3ccc(Cl)cn3)CC2)n1. The van der Waals surface area contributed by atoms with Gasteiger partial charge in [0, 0.05) is 30.9 Å². The second-order valence-corrected chi connectivity index (χ2v) is 5.47. The zero-order valence-corrected chi connectivity index (χ0v) is 12.2. The molecular formula is C15H14ClN5. The van der Waals surface area contributed by atoms with Crippen molar-refractivity contribution in [3.05, 3.63) is 47.1 Å². The van der Waals surface area contributed by atoms with E-state index in [0.717, 1.165) is 37.4 Å². The number of piperidine rings is 1. The van der Waals surface area contributed by atoms with Crippen LogP contribution in [0.4, 0.5) is 5.82 Å². The van der Waals surface area contributed by atoms with Crippen molar-refractivity contribution in [3.63, 3.8) is 0 Å². The van der Waals surface area contributed by atoms with Crippen LogP contribution in [0.25, 0.3) is 0 Å². The average Bonchev–Trinajstić information content (AvgIpc) is 2.56. The number of nitrogens with zero attached hydrogens (tertiary/aromatic N) is 5. The van der Waals surface area contributed by atoms with E-state index in [0.29, 0.717) is 16.6 Å². The third kappa shape index (κ3) is 3.11. The van der Waals surface area contributed by atoms with Gasteiger partial charge in [-0.25, -0.2) is 4.98 Å². The van der Waals surface area contributed by atoms with Gasteiger partial charge in [0.05, 0.1) is 17.4 Å². The molecule has 0 aliphatic carbocycles. The number of aromatic nitrogens is 3. The summed E-state index contributed by atoms with van der Waals surface area (Å²) in [5.74, 6) is 1.22. The Bertz CT molecular complexity index is 657. The Morgan fingerprint density at radius 1 is 1.19 bits per heavy atom. The molecule has 0 atom stereocenters. The molecule has 1 saturated heterocycles. The molecule has 0 bridgehead atoms. The van der Waals surface area contributed by atoms with Crippen LogP contribution in [-0.2, 0) is 0 Å². The summed E-state index contributed by atoms with van der Waals surface area (Å²) in [4.78, 5) is 14.9. The summed E-state index contributed by atoms with van der Waals surface area (Å²) in [6, 6.07) is 5.91. The van der Waals surface area contributed by atoms with E-state index < -0.39 is 0 Å². The quantitative estimate of drug-likeness (QED) is 0.853. The molecule has 0 N–H and O–H groups in total. The van der Waals surface area contributed by atoms with Crippen molar-refractivity contribution in [2.24, 2.45) is 0 Å². The van der Waals surface area contributed by atoms with Gasteiger partial charge in [-0.3, -0.25) is 9.97 Å². The minimum Gasteiger partial charge on any atom is -0.355 e. The van der Waals surface area contributed by atoms with E-state index in [2.05, 4.69) is 19.9 Å². The topological polar surface area (TPSA) is 65.7 Å². The van der Waals surface area contributed by atoms with Crippen LogP contribution < -0.4 is 4.90 Å². The van der Waals surface area contributed by atoms with Crippen LogP contribution in [0.1, 0.15) is 30.1 Å². The third-order valence-electron chi connectivity index (χ3n) is 3.72. The first-order valence-electron chi connectivity index (χ1n) is 6.85. The second kappa shape index (κ2) is 6.06. The Morgan fingerprint density at radius 2 is 2.00 bits per heavy atom. The minimum absolute atomic E-state index is 0.356. The molecule has 3 rings (SSSR count). The number of hydrogen-bond acceptors (Lipinski definition) is 5. The highest BCUT2D eigenvalue weighted by atomic mass is 35.5. The van der Waals surface area contributed by atoms with Crippen molar-refractivity contribution in [1.29, 1.82) is 5.26 Å². The van der Waals surface area contributed by atoms with Crippen molar-refractivity contribution in [2.75, 3.05) is 18.0 Å². The third-order valence-corrected chi connectivity index (χ3v) is 3.95. The molecule has 1 fully saturated rings. The Hall–Kier alpha value is -2.19. The van der Waals surface area contributed by atoms with E-state index in [4.69, 9.17) is 16.9 Å². The monoisotopic (exact) mass is 299 g/mol. The van der Waals surface area contributed by atoms with Crippen molar-refractivity contribution in [2.45, 2.75) is 18.8 Å². The molecule has 5 nitrogen and oxygen atoms in total. The molecule has 0 amide bonds. The first-order chi connectivity index (χ1) is 10.3. The lowest BCUT2D eigenvalue weighted by Crippen LogP contribution is -2.33. The van der Waals surface area contributed by atoms with Crippen LogP contribution in [0.3, 0.4) is 0 Å². The van der Waals surface area contributed by atoms with E-state index >= 15 is 0 Å². The lowest BCUT2D eigenvalue weighted by molar-refractivity contribution is 0.493. The maximum absolute atomic E-state index is 8.88. The Kier molecular flexibility index (Phi) is 3.98. The summed E-state index contributed by atoms with van der Waals surface area (Å²) in [6.45, 7) is 1.77. The van der Waals surface area contributed by atoms with Gasteiger partial charge in [-0.05, 0) is 25.0 Å². The van der Waals surface area contributed by atoms with E-state index in [1.807, 2.05) is 18.2 Å². The van der Waals surface area contributed by atoms with Gasteiger partial charge in [0.1, 0.15) is 11.9 Å². The zero-order valence-electron chi connectivity index (χ0n) is 11.4. The van der Waals surface area contributed by atoms with Gasteiger partial charge in [-0.1, -0.05) is 11.6 Å². The molecule has 2 aromatic rings. The fraction of sp³-hybridized carbons (Fsp3) is 0.333. The smallest absolute Gasteiger partial charge is 0.161 e. The van der Waals surface area contributed by atoms with E-state index in [-0.39, 0.29) is 0 Å². The standard InChI is InChI=1S/C15H14ClN5/c16-12-1-2-14(19-8-12)11-3-5-21(6-4-11)15-10-18-9-13(7-17)20-15/h1-2,8-11H,3-6H2. The molecule has 0 saturated carbocycles. The number of halogens is 1. The molecule has 0 spiro atoms. The first kappa shape index (κ1) is 13.8. The van der Waals surface area contributed by atoms with E-state index in [9.17, 15) is 0 Å². The molecule has 3 heterocycles. The van der Waals surface area contributed by atoms with Crippen LogP contribution in [-0.4, -0.2) is 28.0 Å². The van der Waals surface area contributed by atoms with Gasteiger partial charge in [0.15, 0.2) is 5.69 Å². The molecule has 1 aliphatic rings. The summed E-state index contributed by atoms with van der Waals surface area (Å²) in [6.07, 6.45) is 6.90. The summed E-state index contributed by atoms with van der Waals surface area (Å²) in [5, 5.41) is 9.55. The van der Waals surface area contributed by atoms with Gasteiger partial charge in [-0.15, -0.1) is 0 Å². The average molecular weight is 300 g/mol. The highest BCUT2D eigenvalue weighted by Gasteiger charge is 2.22. The number of anilines is 1. The summed E-state index contributed by atoms with van der Waals surface area (Å²) in [7, 11) is 0. The number of hydrogen-bond donors (Lipinski definition) is 0. The molecule has 0 aromatic carbocycles. The van der Waals surface area contributed by atoms with E-state index in [1.165, 1.54) is 6.20 Å². The fourth-order valence-electron chi connectivity index (χ4n) is 2.60. The lowest BCUT2D eigenvalue weighted by Gasteiger charge is -2.32.